The Morgan fingerprint density at radius 2 is 2.10 bits per heavy atom. The molecule has 2 heterocycles. The molecule has 106 valence electrons. The molecule has 0 radical (unpaired) electrons. The van der Waals surface area contributed by atoms with Gasteiger partial charge in [-0.2, -0.15) is 5.10 Å². The van der Waals surface area contributed by atoms with Crippen molar-refractivity contribution < 1.29 is 4.79 Å². The summed E-state index contributed by atoms with van der Waals surface area (Å²) in [6, 6.07) is 3.70. The second-order valence-electron chi connectivity index (χ2n) is 4.75. The molecule has 6 nitrogen and oxygen atoms in total. The number of aromatic nitrogens is 4. The number of anilines is 1. The average Bonchev–Trinajstić information content (AvgIpc) is 2.76. The van der Waals surface area contributed by atoms with Gasteiger partial charge in [0.1, 0.15) is 12.1 Å². The van der Waals surface area contributed by atoms with Crippen LogP contribution in [0, 0.1) is 13.8 Å². The Kier molecular flexibility index (Phi) is 4.45. The van der Waals surface area contributed by atoms with Gasteiger partial charge in [0.2, 0.25) is 5.91 Å². The molecule has 0 saturated carbocycles. The summed E-state index contributed by atoms with van der Waals surface area (Å²) < 4.78 is 1.73. The van der Waals surface area contributed by atoms with Crippen LogP contribution in [0.2, 0.25) is 0 Å². The molecule has 0 bridgehead atoms. The average molecular weight is 273 g/mol. The fourth-order valence-corrected chi connectivity index (χ4v) is 1.93. The second-order valence-corrected chi connectivity index (χ2v) is 4.75. The summed E-state index contributed by atoms with van der Waals surface area (Å²) in [5.41, 5.74) is 1.92. The zero-order valence-corrected chi connectivity index (χ0v) is 12.1. The molecule has 1 N–H and O–H groups in total. The van der Waals surface area contributed by atoms with Crippen molar-refractivity contribution >= 4 is 11.7 Å². The smallest absolute Gasteiger partial charge is 0.225 e. The third-order valence-electron chi connectivity index (χ3n) is 2.90. The highest BCUT2D eigenvalue weighted by Crippen LogP contribution is 2.12. The van der Waals surface area contributed by atoms with Crippen molar-refractivity contribution in [3.8, 4) is 5.82 Å². The molecule has 0 aliphatic carbocycles. The number of unbranched alkanes of at least 4 members (excludes halogenated alkanes) is 1. The van der Waals surface area contributed by atoms with E-state index in [-0.39, 0.29) is 5.91 Å². The summed E-state index contributed by atoms with van der Waals surface area (Å²) >= 11 is 0. The van der Waals surface area contributed by atoms with Gasteiger partial charge in [-0.15, -0.1) is 0 Å². The zero-order valence-electron chi connectivity index (χ0n) is 12.1. The van der Waals surface area contributed by atoms with Gasteiger partial charge >= 0.3 is 0 Å². The first kappa shape index (κ1) is 14.2. The van der Waals surface area contributed by atoms with Crippen molar-refractivity contribution in [1.82, 2.24) is 19.7 Å². The fraction of sp³-hybridized carbons (Fsp3) is 0.429. The van der Waals surface area contributed by atoms with E-state index in [1.54, 1.807) is 10.7 Å². The Bertz CT molecular complexity index is 605. The molecule has 0 unspecified atom stereocenters. The molecule has 6 heteroatoms. The summed E-state index contributed by atoms with van der Waals surface area (Å²) in [7, 11) is 0. The highest BCUT2D eigenvalue weighted by molar-refractivity contribution is 5.89. The van der Waals surface area contributed by atoms with E-state index >= 15 is 0 Å². The van der Waals surface area contributed by atoms with Crippen LogP contribution in [0.15, 0.2) is 18.5 Å². The summed E-state index contributed by atoms with van der Waals surface area (Å²) in [6.45, 7) is 5.94. The van der Waals surface area contributed by atoms with Crippen molar-refractivity contribution in [2.45, 2.75) is 40.0 Å². The van der Waals surface area contributed by atoms with Crippen LogP contribution in [0.5, 0.6) is 0 Å². The van der Waals surface area contributed by atoms with Gasteiger partial charge in [-0.3, -0.25) is 4.79 Å². The molecule has 0 atom stereocenters. The molecule has 20 heavy (non-hydrogen) atoms. The lowest BCUT2D eigenvalue weighted by molar-refractivity contribution is -0.116. The first-order valence-corrected chi connectivity index (χ1v) is 6.75. The molecular weight excluding hydrogens is 254 g/mol. The quantitative estimate of drug-likeness (QED) is 0.908. The van der Waals surface area contributed by atoms with E-state index in [1.807, 2.05) is 19.9 Å². The third kappa shape index (κ3) is 3.40. The standard InChI is InChI=1S/C14H19N5O/c1-4-5-6-14(20)17-12-8-13(16-9-15-12)19-11(3)7-10(2)18-19/h7-9H,4-6H2,1-3H3,(H,15,16,17,20). The Balaban J connectivity index is 2.16. The van der Waals surface area contributed by atoms with E-state index < -0.39 is 0 Å². The number of hydrogen-bond acceptors (Lipinski definition) is 4. The van der Waals surface area contributed by atoms with E-state index in [4.69, 9.17) is 0 Å². The van der Waals surface area contributed by atoms with E-state index in [2.05, 4.69) is 27.3 Å². The Labute approximate surface area is 118 Å². The minimum absolute atomic E-state index is 0.0233. The van der Waals surface area contributed by atoms with Gasteiger partial charge in [0, 0.05) is 18.2 Å². The number of hydrogen-bond donors (Lipinski definition) is 1. The molecule has 0 aliphatic rings. The molecule has 0 aromatic carbocycles. The van der Waals surface area contributed by atoms with Gasteiger partial charge in [-0.1, -0.05) is 13.3 Å². The fourth-order valence-electron chi connectivity index (χ4n) is 1.93. The third-order valence-corrected chi connectivity index (χ3v) is 2.90. The number of carbonyl (C=O) groups excluding carboxylic acids is 1. The Morgan fingerprint density at radius 1 is 1.30 bits per heavy atom. The van der Waals surface area contributed by atoms with Crippen molar-refractivity contribution in [3.63, 3.8) is 0 Å². The minimum Gasteiger partial charge on any atom is -0.311 e. The van der Waals surface area contributed by atoms with Gasteiger partial charge in [0.05, 0.1) is 5.69 Å². The molecular formula is C14H19N5O. The van der Waals surface area contributed by atoms with Crippen LogP contribution in [-0.2, 0) is 4.79 Å². The Hall–Kier alpha value is -2.24. The molecule has 0 fully saturated rings. The van der Waals surface area contributed by atoms with Crippen LogP contribution in [-0.4, -0.2) is 25.7 Å². The van der Waals surface area contributed by atoms with Crippen molar-refractivity contribution in [1.29, 1.82) is 0 Å². The number of nitrogens with one attached hydrogen (secondary N) is 1. The summed E-state index contributed by atoms with van der Waals surface area (Å²) in [6.07, 6.45) is 3.81. The molecule has 2 rings (SSSR count). The summed E-state index contributed by atoms with van der Waals surface area (Å²) in [5, 5.41) is 7.15. The van der Waals surface area contributed by atoms with Crippen LogP contribution in [0.3, 0.4) is 0 Å². The van der Waals surface area contributed by atoms with Crippen molar-refractivity contribution in [3.05, 3.63) is 29.8 Å². The maximum absolute atomic E-state index is 11.7. The van der Waals surface area contributed by atoms with Crippen LogP contribution in [0.1, 0.15) is 37.6 Å². The summed E-state index contributed by atoms with van der Waals surface area (Å²) in [5.74, 6) is 1.13. The predicted octanol–water partition coefficient (Wildman–Crippen LogP) is 2.41. The van der Waals surface area contributed by atoms with Crippen LogP contribution < -0.4 is 5.32 Å². The maximum Gasteiger partial charge on any atom is 0.225 e. The van der Waals surface area contributed by atoms with Gasteiger partial charge in [0.25, 0.3) is 0 Å². The number of aryl methyl sites for hydroxylation is 2. The lowest BCUT2D eigenvalue weighted by Gasteiger charge is -2.06. The first-order chi connectivity index (χ1) is 9.60. The van der Waals surface area contributed by atoms with E-state index in [0.29, 0.717) is 18.1 Å². The van der Waals surface area contributed by atoms with E-state index in [9.17, 15) is 4.79 Å². The summed E-state index contributed by atoms with van der Waals surface area (Å²) in [4.78, 5) is 20.0. The van der Waals surface area contributed by atoms with Crippen LogP contribution >= 0.6 is 0 Å². The second kappa shape index (κ2) is 6.27. The van der Waals surface area contributed by atoms with E-state index in [1.165, 1.54) is 6.33 Å². The lowest BCUT2D eigenvalue weighted by atomic mass is 10.2. The van der Waals surface area contributed by atoms with Gasteiger partial charge in [0.15, 0.2) is 5.82 Å². The number of amides is 1. The molecule has 0 spiro atoms. The monoisotopic (exact) mass is 273 g/mol. The van der Waals surface area contributed by atoms with Gasteiger partial charge < -0.3 is 5.32 Å². The highest BCUT2D eigenvalue weighted by atomic mass is 16.1. The van der Waals surface area contributed by atoms with E-state index in [0.717, 1.165) is 24.2 Å². The van der Waals surface area contributed by atoms with Crippen LogP contribution in [0.4, 0.5) is 5.82 Å². The largest absolute Gasteiger partial charge is 0.311 e. The topological polar surface area (TPSA) is 72.7 Å². The Morgan fingerprint density at radius 3 is 2.75 bits per heavy atom. The molecule has 0 saturated heterocycles. The lowest BCUT2D eigenvalue weighted by Crippen LogP contribution is -2.13. The van der Waals surface area contributed by atoms with Crippen molar-refractivity contribution in [2.75, 3.05) is 5.32 Å². The first-order valence-electron chi connectivity index (χ1n) is 6.75. The number of carbonyl (C=O) groups is 1. The highest BCUT2D eigenvalue weighted by Gasteiger charge is 2.08. The predicted molar refractivity (Wildman–Crippen MR) is 76.8 cm³/mol. The molecule has 2 aromatic heterocycles. The number of nitrogens with zero attached hydrogens (tertiary/aromatic N) is 4. The van der Waals surface area contributed by atoms with Gasteiger partial charge in [-0.05, 0) is 26.3 Å². The molecule has 0 aliphatic heterocycles. The molecule has 1 amide bonds. The normalized spacial score (nSPS) is 10.6. The SMILES string of the molecule is CCCCC(=O)Nc1cc(-n2nc(C)cc2C)ncn1. The van der Waals surface area contributed by atoms with Crippen molar-refractivity contribution in [2.24, 2.45) is 0 Å². The minimum atomic E-state index is -0.0233. The maximum atomic E-state index is 11.7. The van der Waals surface area contributed by atoms with Gasteiger partial charge in [-0.25, -0.2) is 14.6 Å². The molecule has 2 aromatic rings. The number of rotatable bonds is 5. The van der Waals surface area contributed by atoms with Crippen LogP contribution in [0.25, 0.3) is 5.82 Å². The zero-order chi connectivity index (χ0) is 14.5.